The van der Waals surface area contributed by atoms with Gasteiger partial charge in [0.05, 0.1) is 7.11 Å². The molecule has 2 aromatic rings. The highest BCUT2D eigenvalue weighted by molar-refractivity contribution is 6.01. The number of ether oxygens (including phenoxy) is 1. The molecule has 0 fully saturated rings. The summed E-state index contributed by atoms with van der Waals surface area (Å²) in [5.41, 5.74) is 3.53. The van der Waals surface area contributed by atoms with Gasteiger partial charge in [-0.1, -0.05) is 6.92 Å². The molecule has 0 radical (unpaired) electrons. The van der Waals surface area contributed by atoms with Crippen LogP contribution >= 0.6 is 0 Å². The number of carbonyl (C=O) groups excluding carboxylic acids is 2. The Morgan fingerprint density at radius 1 is 1.17 bits per heavy atom. The lowest BCUT2D eigenvalue weighted by atomic mass is 10.1. The third kappa shape index (κ3) is 5.74. The molecule has 0 saturated carbocycles. The van der Waals surface area contributed by atoms with Crippen LogP contribution in [0.4, 0.5) is 0 Å². The molecule has 0 saturated heterocycles. The molecule has 158 valence electrons. The summed E-state index contributed by atoms with van der Waals surface area (Å²) in [5, 5.41) is 14.8. The summed E-state index contributed by atoms with van der Waals surface area (Å²) >= 11 is 0. The van der Waals surface area contributed by atoms with E-state index < -0.39 is 5.91 Å². The monoisotopic (exact) mass is 408 g/mol. The summed E-state index contributed by atoms with van der Waals surface area (Å²) in [6.07, 6.45) is 2.62. The predicted octanol–water partition coefficient (Wildman–Crippen LogP) is 2.98. The lowest BCUT2D eigenvalue weighted by Gasteiger charge is -2.08. The van der Waals surface area contributed by atoms with Crippen molar-refractivity contribution in [1.29, 1.82) is 5.26 Å². The highest BCUT2D eigenvalue weighted by Crippen LogP contribution is 2.18. The van der Waals surface area contributed by atoms with E-state index in [9.17, 15) is 14.9 Å². The van der Waals surface area contributed by atoms with Crippen molar-refractivity contribution in [2.45, 2.75) is 33.7 Å². The highest BCUT2D eigenvalue weighted by Gasteiger charge is 2.12. The highest BCUT2D eigenvalue weighted by atomic mass is 16.5. The van der Waals surface area contributed by atoms with Crippen LogP contribution in [0.2, 0.25) is 0 Å². The third-order valence-corrected chi connectivity index (χ3v) is 4.77. The molecule has 1 aromatic heterocycles. The SMILES string of the molecule is CCCn1c(C)cc(C=C(C#N)C(=O)NCCNC(=O)c2ccc(OC)cc2)c1C. The minimum absolute atomic E-state index is 0.0354. The predicted molar refractivity (Wildman–Crippen MR) is 116 cm³/mol. The first-order valence-electron chi connectivity index (χ1n) is 9.90. The van der Waals surface area contributed by atoms with Crippen LogP contribution < -0.4 is 15.4 Å². The zero-order valence-electron chi connectivity index (χ0n) is 17.9. The number of benzene rings is 1. The van der Waals surface area contributed by atoms with Crippen LogP contribution in [0.25, 0.3) is 6.08 Å². The third-order valence-electron chi connectivity index (χ3n) is 4.77. The maximum absolute atomic E-state index is 12.4. The fourth-order valence-corrected chi connectivity index (χ4v) is 3.14. The number of aromatic nitrogens is 1. The van der Waals surface area contributed by atoms with Crippen molar-refractivity contribution in [2.24, 2.45) is 0 Å². The normalized spacial score (nSPS) is 11.0. The maximum Gasteiger partial charge on any atom is 0.262 e. The molecular formula is C23H28N4O3. The molecule has 0 aliphatic carbocycles. The second kappa shape index (κ2) is 10.9. The summed E-state index contributed by atoms with van der Waals surface area (Å²) in [4.78, 5) is 24.5. The second-order valence-electron chi connectivity index (χ2n) is 6.89. The van der Waals surface area contributed by atoms with Gasteiger partial charge < -0.3 is 19.9 Å². The molecule has 0 aliphatic rings. The summed E-state index contributed by atoms with van der Waals surface area (Å²) in [6, 6.07) is 10.7. The van der Waals surface area contributed by atoms with Gasteiger partial charge in [-0.3, -0.25) is 9.59 Å². The number of nitrogens with one attached hydrogen (secondary N) is 2. The van der Waals surface area contributed by atoms with Gasteiger partial charge in [-0.05, 0) is 62.2 Å². The molecule has 0 atom stereocenters. The quantitative estimate of drug-likeness (QED) is 0.379. The largest absolute Gasteiger partial charge is 0.497 e. The number of hydrogen-bond acceptors (Lipinski definition) is 4. The van der Waals surface area contributed by atoms with Crippen LogP contribution in [-0.2, 0) is 11.3 Å². The number of rotatable bonds is 9. The average Bonchev–Trinajstić information content (AvgIpc) is 3.02. The summed E-state index contributed by atoms with van der Waals surface area (Å²) in [6.45, 7) is 7.46. The van der Waals surface area contributed by atoms with Crippen molar-refractivity contribution < 1.29 is 14.3 Å². The Morgan fingerprint density at radius 2 is 1.83 bits per heavy atom. The molecular weight excluding hydrogens is 380 g/mol. The van der Waals surface area contributed by atoms with E-state index in [0.717, 1.165) is 29.9 Å². The number of carbonyl (C=O) groups is 2. The number of hydrogen-bond donors (Lipinski definition) is 2. The first kappa shape index (κ1) is 22.8. The molecule has 2 rings (SSSR count). The Kier molecular flexibility index (Phi) is 8.24. The van der Waals surface area contributed by atoms with Crippen LogP contribution in [0, 0.1) is 25.2 Å². The molecule has 7 nitrogen and oxygen atoms in total. The Hall–Kier alpha value is -3.53. The van der Waals surface area contributed by atoms with Gasteiger partial charge in [0.2, 0.25) is 0 Å². The number of nitriles is 1. The lowest BCUT2D eigenvalue weighted by Crippen LogP contribution is -2.35. The molecule has 0 unspecified atom stereocenters. The smallest absolute Gasteiger partial charge is 0.262 e. The first-order valence-corrected chi connectivity index (χ1v) is 9.90. The van der Waals surface area contributed by atoms with Crippen molar-refractivity contribution in [3.05, 3.63) is 58.4 Å². The standard InChI is InChI=1S/C23H28N4O3/c1-5-12-27-16(2)13-19(17(27)3)14-20(15-24)23(29)26-11-10-25-22(28)18-6-8-21(30-4)9-7-18/h6-9,13-14H,5,10-12H2,1-4H3,(H,25,28)(H,26,29). The molecule has 2 N–H and O–H groups in total. The molecule has 2 amide bonds. The molecule has 7 heteroatoms. The van der Waals surface area contributed by atoms with Gasteiger partial charge in [0.15, 0.2) is 0 Å². The summed E-state index contributed by atoms with van der Waals surface area (Å²) in [5.74, 6) is -0.0343. The van der Waals surface area contributed by atoms with E-state index in [1.54, 1.807) is 37.5 Å². The van der Waals surface area contributed by atoms with Gasteiger partial charge in [-0.15, -0.1) is 0 Å². The lowest BCUT2D eigenvalue weighted by molar-refractivity contribution is -0.117. The molecule has 30 heavy (non-hydrogen) atoms. The number of aryl methyl sites for hydroxylation is 1. The Labute approximate surface area is 177 Å². The molecule has 0 aliphatic heterocycles. The van der Waals surface area contributed by atoms with E-state index in [0.29, 0.717) is 11.3 Å². The van der Waals surface area contributed by atoms with E-state index in [4.69, 9.17) is 4.74 Å². The minimum atomic E-state index is -0.462. The van der Waals surface area contributed by atoms with Crippen molar-refractivity contribution in [3.8, 4) is 11.8 Å². The van der Waals surface area contributed by atoms with Crippen LogP contribution in [0.3, 0.4) is 0 Å². The average molecular weight is 409 g/mol. The van der Waals surface area contributed by atoms with Gasteiger partial charge in [0.1, 0.15) is 17.4 Å². The first-order chi connectivity index (χ1) is 14.4. The van der Waals surface area contributed by atoms with Crippen LogP contribution in [0.1, 0.15) is 40.7 Å². The number of methoxy groups -OCH3 is 1. The molecule has 0 bridgehead atoms. The van der Waals surface area contributed by atoms with Gasteiger partial charge in [-0.25, -0.2) is 0 Å². The van der Waals surface area contributed by atoms with E-state index >= 15 is 0 Å². The van der Waals surface area contributed by atoms with Crippen LogP contribution in [-0.4, -0.2) is 36.6 Å². The van der Waals surface area contributed by atoms with E-state index in [2.05, 4.69) is 22.1 Å². The van der Waals surface area contributed by atoms with Gasteiger partial charge >= 0.3 is 0 Å². The van der Waals surface area contributed by atoms with Gasteiger partial charge in [-0.2, -0.15) is 5.26 Å². The van der Waals surface area contributed by atoms with E-state index in [-0.39, 0.29) is 24.6 Å². The molecule has 0 spiro atoms. The summed E-state index contributed by atoms with van der Waals surface area (Å²) in [7, 11) is 1.56. The van der Waals surface area contributed by atoms with Crippen LogP contribution in [0.5, 0.6) is 5.75 Å². The fraction of sp³-hybridized carbons (Fsp3) is 0.348. The fourth-order valence-electron chi connectivity index (χ4n) is 3.14. The number of nitrogens with zero attached hydrogens (tertiary/aromatic N) is 2. The number of amides is 2. The molecule has 1 heterocycles. The van der Waals surface area contributed by atoms with Crippen LogP contribution in [0.15, 0.2) is 35.9 Å². The Bertz CT molecular complexity index is 966. The van der Waals surface area contributed by atoms with E-state index in [1.165, 1.54) is 0 Å². The Balaban J connectivity index is 1.91. The van der Waals surface area contributed by atoms with Crippen molar-refractivity contribution >= 4 is 17.9 Å². The maximum atomic E-state index is 12.4. The summed E-state index contributed by atoms with van der Waals surface area (Å²) < 4.78 is 7.24. The van der Waals surface area contributed by atoms with Crippen molar-refractivity contribution in [3.63, 3.8) is 0 Å². The van der Waals surface area contributed by atoms with E-state index in [1.807, 2.05) is 26.0 Å². The minimum Gasteiger partial charge on any atom is -0.497 e. The second-order valence-corrected chi connectivity index (χ2v) is 6.89. The molecule has 1 aromatic carbocycles. The van der Waals surface area contributed by atoms with Crippen molar-refractivity contribution in [1.82, 2.24) is 15.2 Å². The topological polar surface area (TPSA) is 96.1 Å². The van der Waals surface area contributed by atoms with Crippen molar-refractivity contribution in [2.75, 3.05) is 20.2 Å². The zero-order valence-corrected chi connectivity index (χ0v) is 17.9. The zero-order chi connectivity index (χ0) is 22.1. The van der Waals surface area contributed by atoms with Gasteiger partial charge in [0, 0.05) is 36.6 Å². The van der Waals surface area contributed by atoms with Gasteiger partial charge in [0.25, 0.3) is 11.8 Å². The Morgan fingerprint density at radius 3 is 2.43 bits per heavy atom.